The molecule has 0 spiro atoms. The molecule has 1 amide bonds. The quantitative estimate of drug-likeness (QED) is 0.685. The largest absolute Gasteiger partial charge is 0.475 e. The van der Waals surface area contributed by atoms with E-state index >= 15 is 0 Å². The first-order chi connectivity index (χ1) is 11.8. The maximum absolute atomic E-state index is 12.7. The summed E-state index contributed by atoms with van der Waals surface area (Å²) in [6, 6.07) is 1.11. The Morgan fingerprint density at radius 1 is 1.48 bits per heavy atom. The Balaban J connectivity index is 2.18. The number of hydrogen-bond acceptors (Lipinski definition) is 6. The molecule has 2 unspecified atom stereocenters. The van der Waals surface area contributed by atoms with Crippen LogP contribution in [-0.2, 0) is 19.6 Å². The highest BCUT2D eigenvalue weighted by Crippen LogP contribution is 2.27. The van der Waals surface area contributed by atoms with Crippen LogP contribution in [0, 0.1) is 0 Å². The molecule has 25 heavy (non-hydrogen) atoms. The molecule has 2 atom stereocenters. The number of methoxy groups -OCH3 is 1. The van der Waals surface area contributed by atoms with Gasteiger partial charge in [0.1, 0.15) is 6.04 Å². The summed E-state index contributed by atoms with van der Waals surface area (Å²) in [4.78, 5) is 23.4. The van der Waals surface area contributed by atoms with E-state index in [2.05, 4.69) is 5.32 Å². The second-order valence-corrected chi connectivity index (χ2v) is 7.59. The fourth-order valence-corrected chi connectivity index (χ4v) is 4.31. The van der Waals surface area contributed by atoms with Crippen LogP contribution in [0.2, 0.25) is 0 Å². The van der Waals surface area contributed by atoms with Crippen LogP contribution in [0.4, 0.5) is 0 Å². The molecule has 10 heteroatoms. The van der Waals surface area contributed by atoms with Crippen molar-refractivity contribution in [3.05, 3.63) is 17.9 Å². The maximum atomic E-state index is 12.7. The van der Waals surface area contributed by atoms with Crippen molar-refractivity contribution in [1.82, 2.24) is 9.62 Å². The Bertz CT molecular complexity index is 728. The standard InChI is InChI=1S/C15H22N2O7S/c1-3-10(9-23-2)16-14(18)11-5-4-8-17(11)25(21,22)13-7-6-12(24-13)15(19)20/h6-7,10-11H,3-5,8-9H2,1-2H3,(H,16,18)(H,19,20). The molecule has 0 bridgehead atoms. The zero-order chi connectivity index (χ0) is 18.6. The number of carbonyl (C=O) groups excluding carboxylic acids is 1. The number of rotatable bonds is 8. The van der Waals surface area contributed by atoms with Gasteiger partial charge in [0.2, 0.25) is 16.8 Å². The normalized spacial score (nSPS) is 19.7. The molecule has 140 valence electrons. The number of amides is 1. The Morgan fingerprint density at radius 3 is 2.76 bits per heavy atom. The number of aromatic carboxylic acids is 1. The van der Waals surface area contributed by atoms with E-state index in [1.165, 1.54) is 7.11 Å². The number of carboxylic acids is 1. The first-order valence-corrected chi connectivity index (χ1v) is 9.39. The summed E-state index contributed by atoms with van der Waals surface area (Å²) in [5.41, 5.74) is 0. The highest BCUT2D eigenvalue weighted by molar-refractivity contribution is 7.89. The van der Waals surface area contributed by atoms with E-state index in [1.807, 2.05) is 6.92 Å². The molecular weight excluding hydrogens is 352 g/mol. The van der Waals surface area contributed by atoms with Gasteiger partial charge in [-0.25, -0.2) is 13.2 Å². The molecule has 1 aromatic rings. The van der Waals surface area contributed by atoms with Gasteiger partial charge in [-0.1, -0.05) is 6.92 Å². The lowest BCUT2D eigenvalue weighted by molar-refractivity contribution is -0.125. The number of hydrogen-bond donors (Lipinski definition) is 2. The number of carbonyl (C=O) groups is 2. The zero-order valence-electron chi connectivity index (χ0n) is 14.1. The minimum absolute atomic E-state index is 0.171. The van der Waals surface area contributed by atoms with Crippen molar-refractivity contribution in [3.8, 4) is 0 Å². The lowest BCUT2D eigenvalue weighted by atomic mass is 10.2. The van der Waals surface area contributed by atoms with Gasteiger partial charge < -0.3 is 19.6 Å². The van der Waals surface area contributed by atoms with Crippen LogP contribution in [0.25, 0.3) is 0 Å². The molecule has 2 heterocycles. The number of furan rings is 1. The average molecular weight is 374 g/mol. The maximum Gasteiger partial charge on any atom is 0.371 e. The van der Waals surface area contributed by atoms with Crippen molar-refractivity contribution in [2.45, 2.75) is 43.4 Å². The predicted octanol–water partition coefficient (Wildman–Crippen LogP) is 0.672. The van der Waals surface area contributed by atoms with Crippen molar-refractivity contribution in [2.75, 3.05) is 20.3 Å². The Labute approximate surface area is 146 Å². The summed E-state index contributed by atoms with van der Waals surface area (Å²) in [5.74, 6) is -2.22. The number of sulfonamides is 1. The third-order valence-corrected chi connectivity index (χ3v) is 5.85. The highest BCUT2D eigenvalue weighted by atomic mass is 32.2. The number of nitrogens with zero attached hydrogens (tertiary/aromatic N) is 1. The van der Waals surface area contributed by atoms with Gasteiger partial charge >= 0.3 is 5.97 Å². The average Bonchev–Trinajstić information content (AvgIpc) is 3.23. The van der Waals surface area contributed by atoms with E-state index in [0.29, 0.717) is 25.9 Å². The minimum atomic E-state index is -4.09. The lowest BCUT2D eigenvalue weighted by Crippen LogP contribution is -2.49. The van der Waals surface area contributed by atoms with Crippen LogP contribution in [0.3, 0.4) is 0 Å². The summed E-state index contributed by atoms with van der Waals surface area (Å²) in [5, 5.41) is 11.2. The Morgan fingerprint density at radius 2 is 2.20 bits per heavy atom. The summed E-state index contributed by atoms with van der Waals surface area (Å²) < 4.78 is 36.4. The third kappa shape index (κ3) is 4.20. The lowest BCUT2D eigenvalue weighted by Gasteiger charge is -2.24. The molecule has 1 aliphatic rings. The molecule has 1 saturated heterocycles. The second kappa shape index (κ2) is 7.98. The molecule has 1 aliphatic heterocycles. The molecule has 9 nitrogen and oxygen atoms in total. The van der Waals surface area contributed by atoms with E-state index in [9.17, 15) is 18.0 Å². The van der Waals surface area contributed by atoms with E-state index in [-0.39, 0.29) is 12.6 Å². The first kappa shape index (κ1) is 19.4. The van der Waals surface area contributed by atoms with Crippen LogP contribution >= 0.6 is 0 Å². The van der Waals surface area contributed by atoms with Gasteiger partial charge in [-0.05, 0) is 31.4 Å². The van der Waals surface area contributed by atoms with Gasteiger partial charge in [-0.3, -0.25) is 4.79 Å². The van der Waals surface area contributed by atoms with E-state index < -0.39 is 38.8 Å². The van der Waals surface area contributed by atoms with Crippen LogP contribution in [0.5, 0.6) is 0 Å². The summed E-state index contributed by atoms with van der Waals surface area (Å²) in [7, 11) is -2.56. The SMILES string of the molecule is CCC(COC)NC(=O)C1CCCN1S(=O)(=O)c1ccc(C(=O)O)o1. The number of ether oxygens (including phenoxy) is 1. The first-order valence-electron chi connectivity index (χ1n) is 7.95. The van der Waals surface area contributed by atoms with Gasteiger partial charge in [0.25, 0.3) is 10.0 Å². The smallest absolute Gasteiger partial charge is 0.371 e. The fourth-order valence-electron chi connectivity index (χ4n) is 2.74. The Kier molecular flexibility index (Phi) is 6.20. The van der Waals surface area contributed by atoms with Crippen molar-refractivity contribution < 1.29 is 32.3 Å². The van der Waals surface area contributed by atoms with Crippen molar-refractivity contribution in [3.63, 3.8) is 0 Å². The number of nitrogens with one attached hydrogen (secondary N) is 1. The van der Waals surface area contributed by atoms with Crippen LogP contribution in [0.15, 0.2) is 21.6 Å². The van der Waals surface area contributed by atoms with Gasteiger partial charge in [0, 0.05) is 13.7 Å². The molecule has 2 rings (SSSR count). The molecule has 0 aliphatic carbocycles. The van der Waals surface area contributed by atoms with Gasteiger partial charge in [-0.15, -0.1) is 0 Å². The zero-order valence-corrected chi connectivity index (χ0v) is 14.9. The molecule has 0 aromatic carbocycles. The predicted molar refractivity (Wildman–Crippen MR) is 86.7 cm³/mol. The minimum Gasteiger partial charge on any atom is -0.475 e. The summed E-state index contributed by atoms with van der Waals surface area (Å²) in [6.45, 7) is 2.40. The summed E-state index contributed by atoms with van der Waals surface area (Å²) in [6.07, 6.45) is 1.57. The third-order valence-electron chi connectivity index (χ3n) is 4.07. The molecule has 1 fully saturated rings. The van der Waals surface area contributed by atoms with Crippen LogP contribution < -0.4 is 5.32 Å². The van der Waals surface area contributed by atoms with Gasteiger partial charge in [0.05, 0.1) is 12.6 Å². The van der Waals surface area contributed by atoms with Crippen LogP contribution in [-0.4, -0.2) is 62.1 Å². The number of carboxylic acid groups (broad SMARTS) is 1. The van der Waals surface area contributed by atoms with E-state index in [4.69, 9.17) is 14.3 Å². The molecule has 2 N–H and O–H groups in total. The topological polar surface area (TPSA) is 126 Å². The van der Waals surface area contributed by atoms with Crippen molar-refractivity contribution in [1.29, 1.82) is 0 Å². The van der Waals surface area contributed by atoms with E-state index in [0.717, 1.165) is 16.4 Å². The monoisotopic (exact) mass is 374 g/mol. The molecule has 0 radical (unpaired) electrons. The highest BCUT2D eigenvalue weighted by Gasteiger charge is 2.41. The molecule has 0 saturated carbocycles. The second-order valence-electron chi connectivity index (χ2n) is 5.77. The summed E-state index contributed by atoms with van der Waals surface area (Å²) >= 11 is 0. The fraction of sp³-hybridized carbons (Fsp3) is 0.600. The molecule has 1 aromatic heterocycles. The van der Waals surface area contributed by atoms with Gasteiger partial charge in [0.15, 0.2) is 0 Å². The van der Waals surface area contributed by atoms with E-state index in [1.54, 1.807) is 0 Å². The van der Waals surface area contributed by atoms with Crippen molar-refractivity contribution in [2.24, 2.45) is 0 Å². The van der Waals surface area contributed by atoms with Crippen molar-refractivity contribution >= 4 is 21.9 Å². The van der Waals surface area contributed by atoms with Gasteiger partial charge in [-0.2, -0.15) is 4.31 Å². The van der Waals surface area contributed by atoms with Crippen LogP contribution in [0.1, 0.15) is 36.7 Å². The Hall–Kier alpha value is -1.91. The molecular formula is C15H22N2O7S.